The van der Waals surface area contributed by atoms with E-state index in [4.69, 9.17) is 9.26 Å². The second-order valence-electron chi connectivity index (χ2n) is 4.88. The number of carboxylic acids is 1. The monoisotopic (exact) mass is 290 g/mol. The van der Waals surface area contributed by atoms with Gasteiger partial charge in [0.15, 0.2) is 0 Å². The van der Waals surface area contributed by atoms with Gasteiger partial charge in [-0.15, -0.1) is 0 Å². The van der Waals surface area contributed by atoms with E-state index >= 15 is 0 Å². The number of carboxylic acid groups (broad SMARTS) is 1. The van der Waals surface area contributed by atoms with Gasteiger partial charge in [-0.3, -0.25) is 4.79 Å². The number of carbonyl (C=O) groups is 1. The summed E-state index contributed by atoms with van der Waals surface area (Å²) in [6, 6.07) is 1.60. The Morgan fingerprint density at radius 3 is 3.05 bits per heavy atom. The molecule has 2 aromatic rings. The van der Waals surface area contributed by atoms with Crippen LogP contribution < -0.4 is 4.74 Å². The average Bonchev–Trinajstić information content (AvgIpc) is 3.15. The number of hydrogen-bond acceptors (Lipinski definition) is 7. The first-order valence-electron chi connectivity index (χ1n) is 6.62. The molecule has 2 aromatic heterocycles. The van der Waals surface area contributed by atoms with E-state index in [0.717, 1.165) is 12.8 Å². The minimum absolute atomic E-state index is 0.229. The molecule has 2 atom stereocenters. The minimum Gasteiger partial charge on any atom is -0.481 e. The van der Waals surface area contributed by atoms with Gasteiger partial charge in [0.1, 0.15) is 12.0 Å². The standard InChI is InChI=1S/C13H14N4O4/c1-20-10-5-9(14-6-15-10)11-16-12(21-17-11)7-3-2-4-8(7)13(18)19/h5-8H,2-4H2,1H3,(H,18,19). The van der Waals surface area contributed by atoms with Gasteiger partial charge in [-0.2, -0.15) is 4.98 Å². The Morgan fingerprint density at radius 2 is 2.29 bits per heavy atom. The lowest BCUT2D eigenvalue weighted by atomic mass is 9.96. The lowest BCUT2D eigenvalue weighted by molar-refractivity contribution is -0.142. The van der Waals surface area contributed by atoms with E-state index < -0.39 is 11.9 Å². The summed E-state index contributed by atoms with van der Waals surface area (Å²) in [6.07, 6.45) is 3.57. The van der Waals surface area contributed by atoms with Crippen LogP contribution in [0.25, 0.3) is 11.5 Å². The highest BCUT2D eigenvalue weighted by Gasteiger charge is 2.37. The first-order chi connectivity index (χ1) is 10.2. The number of nitrogens with zero attached hydrogens (tertiary/aromatic N) is 4. The Labute approximate surface area is 120 Å². The van der Waals surface area contributed by atoms with Crippen molar-refractivity contribution in [3.63, 3.8) is 0 Å². The number of aromatic nitrogens is 4. The molecule has 0 amide bonds. The van der Waals surface area contributed by atoms with Gasteiger partial charge >= 0.3 is 5.97 Å². The summed E-state index contributed by atoms with van der Waals surface area (Å²) < 4.78 is 10.2. The van der Waals surface area contributed by atoms with Crippen molar-refractivity contribution in [1.82, 2.24) is 20.1 Å². The second kappa shape index (κ2) is 5.47. The molecule has 0 aromatic carbocycles. The second-order valence-corrected chi connectivity index (χ2v) is 4.88. The van der Waals surface area contributed by atoms with Gasteiger partial charge in [0, 0.05) is 6.07 Å². The molecule has 1 saturated carbocycles. The molecule has 2 heterocycles. The number of rotatable bonds is 4. The molecule has 0 bridgehead atoms. The lowest BCUT2D eigenvalue weighted by Crippen LogP contribution is -2.17. The van der Waals surface area contributed by atoms with Gasteiger partial charge in [0.2, 0.25) is 17.6 Å². The van der Waals surface area contributed by atoms with Crippen LogP contribution in [-0.2, 0) is 4.79 Å². The third-order valence-electron chi connectivity index (χ3n) is 3.67. The molecule has 3 rings (SSSR count). The van der Waals surface area contributed by atoms with Crippen molar-refractivity contribution in [2.45, 2.75) is 25.2 Å². The van der Waals surface area contributed by atoms with Gasteiger partial charge in [0.05, 0.1) is 18.9 Å². The highest BCUT2D eigenvalue weighted by molar-refractivity contribution is 5.71. The Kier molecular flexibility index (Phi) is 3.51. The molecular formula is C13H14N4O4. The largest absolute Gasteiger partial charge is 0.481 e. The molecule has 1 aliphatic carbocycles. The van der Waals surface area contributed by atoms with Crippen LogP contribution in [0.3, 0.4) is 0 Å². The Hall–Kier alpha value is -2.51. The van der Waals surface area contributed by atoms with E-state index in [1.54, 1.807) is 6.07 Å². The molecule has 1 fully saturated rings. The summed E-state index contributed by atoms with van der Waals surface area (Å²) in [5, 5.41) is 13.1. The molecule has 0 aliphatic heterocycles. The Morgan fingerprint density at radius 1 is 1.43 bits per heavy atom. The maximum Gasteiger partial charge on any atom is 0.307 e. The molecule has 0 spiro atoms. The van der Waals surface area contributed by atoms with Gasteiger partial charge in [-0.25, -0.2) is 9.97 Å². The maximum atomic E-state index is 11.2. The fourth-order valence-electron chi connectivity index (χ4n) is 2.61. The molecule has 2 unspecified atom stereocenters. The van der Waals surface area contributed by atoms with Crippen LogP contribution in [0.5, 0.6) is 5.88 Å². The van der Waals surface area contributed by atoms with Crippen LogP contribution >= 0.6 is 0 Å². The molecule has 0 saturated heterocycles. The summed E-state index contributed by atoms with van der Waals surface area (Å²) in [6.45, 7) is 0. The molecule has 8 nitrogen and oxygen atoms in total. The van der Waals surface area contributed by atoms with Crippen molar-refractivity contribution in [3.8, 4) is 17.4 Å². The molecular weight excluding hydrogens is 276 g/mol. The number of ether oxygens (including phenoxy) is 1. The van der Waals surface area contributed by atoms with E-state index in [2.05, 4.69) is 20.1 Å². The van der Waals surface area contributed by atoms with Crippen LogP contribution in [-0.4, -0.2) is 38.3 Å². The summed E-state index contributed by atoms with van der Waals surface area (Å²) in [7, 11) is 1.50. The zero-order chi connectivity index (χ0) is 14.8. The van der Waals surface area contributed by atoms with Crippen LogP contribution in [0.2, 0.25) is 0 Å². The van der Waals surface area contributed by atoms with Crippen LogP contribution in [0.15, 0.2) is 16.9 Å². The third kappa shape index (κ3) is 2.56. The zero-order valence-electron chi connectivity index (χ0n) is 11.4. The molecule has 21 heavy (non-hydrogen) atoms. The molecule has 8 heteroatoms. The van der Waals surface area contributed by atoms with Crippen LogP contribution in [0.1, 0.15) is 31.1 Å². The van der Waals surface area contributed by atoms with Crippen molar-refractivity contribution in [2.75, 3.05) is 7.11 Å². The van der Waals surface area contributed by atoms with Crippen LogP contribution in [0, 0.1) is 5.92 Å². The van der Waals surface area contributed by atoms with Gasteiger partial charge < -0.3 is 14.4 Å². The number of aliphatic carboxylic acids is 1. The van der Waals surface area contributed by atoms with E-state index in [-0.39, 0.29) is 5.92 Å². The summed E-state index contributed by atoms with van der Waals surface area (Å²) in [4.78, 5) is 23.5. The first kappa shape index (κ1) is 13.5. The molecule has 1 N–H and O–H groups in total. The van der Waals surface area contributed by atoms with E-state index in [1.165, 1.54) is 13.4 Å². The Bertz CT molecular complexity index is 657. The predicted molar refractivity (Wildman–Crippen MR) is 69.6 cm³/mol. The zero-order valence-corrected chi connectivity index (χ0v) is 11.4. The van der Waals surface area contributed by atoms with Gasteiger partial charge in [-0.1, -0.05) is 11.6 Å². The maximum absolute atomic E-state index is 11.2. The smallest absolute Gasteiger partial charge is 0.307 e. The van der Waals surface area contributed by atoms with E-state index in [9.17, 15) is 9.90 Å². The van der Waals surface area contributed by atoms with Crippen LogP contribution in [0.4, 0.5) is 0 Å². The van der Waals surface area contributed by atoms with Crippen molar-refractivity contribution in [3.05, 3.63) is 18.3 Å². The summed E-state index contributed by atoms with van der Waals surface area (Å²) >= 11 is 0. The quantitative estimate of drug-likeness (QED) is 0.901. The highest BCUT2D eigenvalue weighted by atomic mass is 16.5. The first-order valence-corrected chi connectivity index (χ1v) is 6.62. The molecule has 0 radical (unpaired) electrons. The third-order valence-corrected chi connectivity index (χ3v) is 3.67. The van der Waals surface area contributed by atoms with E-state index in [1.807, 2.05) is 0 Å². The fraction of sp³-hybridized carbons (Fsp3) is 0.462. The van der Waals surface area contributed by atoms with E-state index in [0.29, 0.717) is 29.7 Å². The highest BCUT2D eigenvalue weighted by Crippen LogP contribution is 2.39. The molecule has 110 valence electrons. The van der Waals surface area contributed by atoms with Crippen molar-refractivity contribution in [1.29, 1.82) is 0 Å². The average molecular weight is 290 g/mol. The summed E-state index contributed by atoms with van der Waals surface area (Å²) in [5.74, 6) is -0.448. The van der Waals surface area contributed by atoms with Crippen molar-refractivity contribution >= 4 is 5.97 Å². The van der Waals surface area contributed by atoms with Crippen molar-refractivity contribution < 1.29 is 19.2 Å². The fourth-order valence-corrected chi connectivity index (χ4v) is 2.61. The van der Waals surface area contributed by atoms with Crippen molar-refractivity contribution in [2.24, 2.45) is 5.92 Å². The number of methoxy groups -OCH3 is 1. The van der Waals surface area contributed by atoms with Gasteiger partial charge in [0.25, 0.3) is 0 Å². The summed E-state index contributed by atoms with van der Waals surface area (Å²) in [5.41, 5.74) is 0.474. The Balaban J connectivity index is 1.87. The minimum atomic E-state index is -0.819. The normalized spacial score (nSPS) is 21.4. The lowest BCUT2D eigenvalue weighted by Gasteiger charge is -2.09. The van der Waals surface area contributed by atoms with Gasteiger partial charge in [-0.05, 0) is 12.8 Å². The topological polar surface area (TPSA) is 111 Å². The number of hydrogen-bond donors (Lipinski definition) is 1. The molecule has 1 aliphatic rings. The SMILES string of the molecule is COc1cc(-c2noc(C3CCCC3C(=O)O)n2)ncn1. The predicted octanol–water partition coefficient (Wildman–Crippen LogP) is 1.50.